The minimum absolute atomic E-state index is 0.00263. The number of ether oxygens (including phenoxy) is 3. The molecule has 0 radical (unpaired) electrons. The van der Waals surface area contributed by atoms with E-state index in [1.54, 1.807) is 11.8 Å². The first-order valence-electron chi connectivity index (χ1n) is 17.8. The second-order valence-electron chi connectivity index (χ2n) is 13.0. The number of hydrogen-bond donors (Lipinski definition) is 3. The van der Waals surface area contributed by atoms with E-state index in [9.17, 15) is 9.90 Å². The lowest BCUT2D eigenvalue weighted by atomic mass is 9.91. The van der Waals surface area contributed by atoms with Crippen molar-refractivity contribution in [3.63, 3.8) is 0 Å². The summed E-state index contributed by atoms with van der Waals surface area (Å²) in [7, 11) is 0. The van der Waals surface area contributed by atoms with Gasteiger partial charge in [0.25, 0.3) is 0 Å². The standard InChI is InChI=1S/C45H42N2O5S/c1-31-42(30-53-40-13-6-3-7-14-40)51-44(52-43(31)34-18-16-32(29-48)17-19-34)35-22-20-33(21-23-35)41-15-9-8-10-36(41)28-46-45(49)47-37-24-26-39(27-25-37)50-38-11-4-2-5-12-38/h2-27,31,42-44,48H,28-30H2,1H3,(H2,46,47,49). The molecule has 6 aromatic carbocycles. The van der Waals surface area contributed by atoms with Gasteiger partial charge in [-0.15, -0.1) is 11.8 Å². The highest BCUT2D eigenvalue weighted by atomic mass is 32.2. The molecule has 0 bridgehead atoms. The third-order valence-corrected chi connectivity index (χ3v) is 10.4. The zero-order valence-electron chi connectivity index (χ0n) is 29.4. The summed E-state index contributed by atoms with van der Waals surface area (Å²) < 4.78 is 19.2. The first-order chi connectivity index (χ1) is 26.0. The van der Waals surface area contributed by atoms with Crippen LogP contribution in [0.4, 0.5) is 10.5 Å². The van der Waals surface area contributed by atoms with E-state index in [-0.39, 0.29) is 30.8 Å². The summed E-state index contributed by atoms with van der Waals surface area (Å²) >= 11 is 1.79. The van der Waals surface area contributed by atoms with Gasteiger partial charge < -0.3 is 30.0 Å². The van der Waals surface area contributed by atoms with E-state index in [0.29, 0.717) is 18.0 Å². The molecule has 53 heavy (non-hydrogen) atoms. The van der Waals surface area contributed by atoms with Crippen LogP contribution in [0.15, 0.2) is 163 Å². The Labute approximate surface area is 315 Å². The first kappa shape index (κ1) is 36.0. The van der Waals surface area contributed by atoms with Gasteiger partial charge in [0.15, 0.2) is 6.29 Å². The molecule has 3 N–H and O–H groups in total. The lowest BCUT2D eigenvalue weighted by Crippen LogP contribution is -2.38. The third-order valence-electron chi connectivity index (χ3n) is 9.32. The number of thioether (sulfide) groups is 1. The van der Waals surface area contributed by atoms with Crippen LogP contribution in [0.5, 0.6) is 11.5 Å². The number of anilines is 1. The predicted octanol–water partition coefficient (Wildman–Crippen LogP) is 10.5. The summed E-state index contributed by atoms with van der Waals surface area (Å²) in [5.74, 6) is 2.33. The molecule has 0 aliphatic carbocycles. The number of carbonyl (C=O) groups is 1. The minimum atomic E-state index is -0.552. The normalized spacial score (nSPS) is 18.2. The average Bonchev–Trinajstić information content (AvgIpc) is 3.21. The Bertz CT molecular complexity index is 2060. The van der Waals surface area contributed by atoms with Crippen molar-refractivity contribution >= 4 is 23.5 Å². The molecule has 4 atom stereocenters. The number of nitrogens with one attached hydrogen (secondary N) is 2. The van der Waals surface area contributed by atoms with Gasteiger partial charge in [-0.1, -0.05) is 116 Å². The van der Waals surface area contributed by atoms with E-state index in [2.05, 4.69) is 72.2 Å². The molecule has 7 rings (SSSR count). The van der Waals surface area contributed by atoms with Gasteiger partial charge in [0.05, 0.1) is 18.8 Å². The molecule has 1 fully saturated rings. The average molecular weight is 723 g/mol. The van der Waals surface area contributed by atoms with Gasteiger partial charge in [0, 0.05) is 34.4 Å². The van der Waals surface area contributed by atoms with Crippen LogP contribution in [0, 0.1) is 5.92 Å². The molecule has 2 amide bonds. The Morgan fingerprint density at radius 1 is 0.717 bits per heavy atom. The Hall–Kier alpha value is -5.38. The van der Waals surface area contributed by atoms with Crippen LogP contribution in [0.25, 0.3) is 11.1 Å². The maximum absolute atomic E-state index is 12.9. The molecule has 1 aliphatic heterocycles. The molecule has 7 nitrogen and oxygen atoms in total. The zero-order valence-corrected chi connectivity index (χ0v) is 30.2. The quantitative estimate of drug-likeness (QED) is 0.109. The van der Waals surface area contributed by atoms with E-state index in [4.69, 9.17) is 14.2 Å². The molecule has 4 unspecified atom stereocenters. The van der Waals surface area contributed by atoms with E-state index < -0.39 is 6.29 Å². The fourth-order valence-corrected chi connectivity index (χ4v) is 7.45. The van der Waals surface area contributed by atoms with Gasteiger partial charge in [-0.05, 0) is 76.3 Å². The Kier molecular flexibility index (Phi) is 11.8. The van der Waals surface area contributed by atoms with Gasteiger partial charge >= 0.3 is 6.03 Å². The highest BCUT2D eigenvalue weighted by Gasteiger charge is 2.38. The summed E-state index contributed by atoms with van der Waals surface area (Å²) in [5, 5.41) is 15.5. The number of benzene rings is 6. The fourth-order valence-electron chi connectivity index (χ4n) is 6.36. The van der Waals surface area contributed by atoms with Gasteiger partial charge in [-0.25, -0.2) is 4.79 Å². The van der Waals surface area contributed by atoms with Crippen molar-refractivity contribution in [1.82, 2.24) is 5.32 Å². The molecular formula is C45H42N2O5S. The lowest BCUT2D eigenvalue weighted by molar-refractivity contribution is -0.268. The molecule has 6 aromatic rings. The first-order valence-corrected chi connectivity index (χ1v) is 18.8. The fraction of sp³-hybridized carbons (Fsp3) is 0.178. The van der Waals surface area contributed by atoms with E-state index in [1.165, 1.54) is 4.90 Å². The smallest absolute Gasteiger partial charge is 0.319 e. The molecule has 8 heteroatoms. The molecular weight excluding hydrogens is 681 g/mol. The molecule has 0 aromatic heterocycles. The van der Waals surface area contributed by atoms with Crippen LogP contribution >= 0.6 is 11.8 Å². The summed E-state index contributed by atoms with van der Waals surface area (Å²) in [4.78, 5) is 14.1. The molecule has 1 aliphatic rings. The van der Waals surface area contributed by atoms with Gasteiger partial charge in [-0.2, -0.15) is 0 Å². The Balaban J connectivity index is 1.01. The Morgan fingerprint density at radius 2 is 1.36 bits per heavy atom. The summed E-state index contributed by atoms with van der Waals surface area (Å²) in [6.45, 7) is 2.54. The van der Waals surface area contributed by atoms with Crippen molar-refractivity contribution < 1.29 is 24.1 Å². The highest BCUT2D eigenvalue weighted by Crippen LogP contribution is 2.43. The number of aliphatic hydroxyl groups is 1. The van der Waals surface area contributed by atoms with Crippen molar-refractivity contribution in [3.05, 3.63) is 180 Å². The van der Waals surface area contributed by atoms with Crippen molar-refractivity contribution in [3.8, 4) is 22.6 Å². The number of rotatable bonds is 12. The molecule has 0 saturated carbocycles. The minimum Gasteiger partial charge on any atom is -0.457 e. The highest BCUT2D eigenvalue weighted by molar-refractivity contribution is 7.99. The molecule has 1 heterocycles. The predicted molar refractivity (Wildman–Crippen MR) is 211 cm³/mol. The SMILES string of the molecule is CC1C(CSc2ccccc2)OC(c2ccc(-c3ccccc3CNC(=O)Nc3ccc(Oc4ccccc4)cc3)cc2)OC1c1ccc(CO)cc1. The van der Waals surface area contributed by atoms with Crippen LogP contribution in [0.2, 0.25) is 0 Å². The molecule has 1 saturated heterocycles. The maximum Gasteiger partial charge on any atom is 0.319 e. The number of carbonyl (C=O) groups excluding carboxylic acids is 1. The van der Waals surface area contributed by atoms with E-state index in [0.717, 1.165) is 44.9 Å². The zero-order chi connectivity index (χ0) is 36.4. The number of urea groups is 1. The van der Waals surface area contributed by atoms with Gasteiger partial charge in [-0.3, -0.25) is 0 Å². The van der Waals surface area contributed by atoms with Crippen molar-refractivity contribution in [2.24, 2.45) is 5.92 Å². The van der Waals surface area contributed by atoms with Crippen molar-refractivity contribution in [2.75, 3.05) is 11.1 Å². The number of aliphatic hydroxyl groups excluding tert-OH is 1. The van der Waals surface area contributed by atoms with Gasteiger partial charge in [0.1, 0.15) is 11.5 Å². The van der Waals surface area contributed by atoms with E-state index in [1.807, 2.05) is 103 Å². The van der Waals surface area contributed by atoms with Crippen LogP contribution in [-0.2, 0) is 22.6 Å². The van der Waals surface area contributed by atoms with Crippen LogP contribution < -0.4 is 15.4 Å². The van der Waals surface area contributed by atoms with Crippen molar-refractivity contribution in [1.29, 1.82) is 0 Å². The van der Waals surface area contributed by atoms with Crippen LogP contribution in [-0.4, -0.2) is 23.0 Å². The second-order valence-corrected chi connectivity index (χ2v) is 14.1. The monoisotopic (exact) mass is 722 g/mol. The van der Waals surface area contributed by atoms with Crippen LogP contribution in [0.1, 0.15) is 41.6 Å². The third kappa shape index (κ3) is 9.35. The van der Waals surface area contributed by atoms with E-state index >= 15 is 0 Å². The second kappa shape index (κ2) is 17.4. The Morgan fingerprint density at radius 3 is 2.08 bits per heavy atom. The molecule has 0 spiro atoms. The number of para-hydroxylation sites is 1. The number of amides is 2. The molecule has 268 valence electrons. The topological polar surface area (TPSA) is 89.1 Å². The maximum atomic E-state index is 12.9. The largest absolute Gasteiger partial charge is 0.457 e. The summed E-state index contributed by atoms with van der Waals surface area (Å²) in [6.07, 6.45) is -0.788. The van der Waals surface area contributed by atoms with Crippen molar-refractivity contribution in [2.45, 2.75) is 43.5 Å². The lowest BCUT2D eigenvalue weighted by Gasteiger charge is -2.41. The van der Waals surface area contributed by atoms with Crippen LogP contribution in [0.3, 0.4) is 0 Å². The van der Waals surface area contributed by atoms with Gasteiger partial charge in [0.2, 0.25) is 0 Å². The number of hydrogen-bond acceptors (Lipinski definition) is 6. The summed E-state index contributed by atoms with van der Waals surface area (Å²) in [6, 6.07) is 51.3. The summed E-state index contributed by atoms with van der Waals surface area (Å²) in [5.41, 5.74) is 6.57.